The minimum absolute atomic E-state index is 0.0889. The summed E-state index contributed by atoms with van der Waals surface area (Å²) in [5.74, 6) is 0.0861. The molecular formula is C50H73FN6O6S. The third-order valence-corrected chi connectivity index (χ3v) is 17.6. The summed E-state index contributed by atoms with van der Waals surface area (Å²) in [4.78, 5) is 49.6. The molecule has 0 aromatic heterocycles. The third kappa shape index (κ3) is 11.0. The second kappa shape index (κ2) is 21.6. The fourth-order valence-electron chi connectivity index (χ4n) is 11.7. The molecule has 0 spiro atoms. The molecule has 4 heterocycles. The third-order valence-electron chi connectivity index (χ3n) is 15.4. The lowest BCUT2D eigenvalue weighted by Crippen LogP contribution is -2.56. The van der Waals surface area contributed by atoms with Gasteiger partial charge < -0.3 is 24.8 Å². The average molecular weight is 905 g/mol. The maximum Gasteiger partial charge on any atom is 0.305 e. The lowest BCUT2D eigenvalue weighted by molar-refractivity contribution is -0.142. The van der Waals surface area contributed by atoms with Gasteiger partial charge in [0.2, 0.25) is 11.8 Å². The molecule has 1 saturated carbocycles. The van der Waals surface area contributed by atoms with E-state index in [1.54, 1.807) is 29.2 Å². The zero-order valence-corrected chi connectivity index (χ0v) is 39.6. The predicted octanol–water partition coefficient (Wildman–Crippen LogP) is 5.90. The molecule has 7 rings (SSSR count). The molecular weight excluding hydrogens is 832 g/mol. The highest BCUT2D eigenvalue weighted by Crippen LogP contribution is 2.53. The Balaban J connectivity index is 0.984. The van der Waals surface area contributed by atoms with Crippen LogP contribution < -0.4 is 10.2 Å². The van der Waals surface area contributed by atoms with Gasteiger partial charge in [-0.1, -0.05) is 44.9 Å². The lowest BCUT2D eigenvalue weighted by Gasteiger charge is -2.51. The molecule has 4 aliphatic heterocycles. The van der Waals surface area contributed by atoms with Crippen LogP contribution in [-0.4, -0.2) is 143 Å². The van der Waals surface area contributed by atoms with Crippen molar-refractivity contribution in [2.75, 3.05) is 97.1 Å². The van der Waals surface area contributed by atoms with E-state index >= 15 is 4.39 Å². The van der Waals surface area contributed by atoms with Crippen LogP contribution in [0.15, 0.2) is 59.5 Å². The van der Waals surface area contributed by atoms with E-state index in [0.29, 0.717) is 30.3 Å². The first kappa shape index (κ1) is 48.1. The number of amides is 2. The molecule has 2 aromatic carbocycles. The van der Waals surface area contributed by atoms with Gasteiger partial charge >= 0.3 is 5.97 Å². The molecule has 0 bridgehead atoms. The zero-order valence-electron chi connectivity index (χ0n) is 38.8. The maximum atomic E-state index is 15.0. The number of rotatable bonds is 19. The first-order valence-corrected chi connectivity index (χ1v) is 25.7. The number of ether oxygens (including phenoxy) is 1. The Hall–Kier alpha value is -3.85. The van der Waals surface area contributed by atoms with Gasteiger partial charge in [0, 0.05) is 88.8 Å². The molecule has 352 valence electrons. The SMILES string of the molecule is CCN(CC)Cc1cc(N2CC(CN3CCC([C@@](CNC(C)=O)(c4cccc(F)c4)[C@H]4CCC[C@@H]4CC(=O)OC)CC3)C2)ccc1S(=O)(=O)C1CN(C(=O)/C=C/CN2CCCCC2)C1. The number of nitrogens with one attached hydrogen (secondary N) is 1. The number of hydrogen-bond donors (Lipinski definition) is 1. The van der Waals surface area contributed by atoms with Crippen LogP contribution in [0.2, 0.25) is 0 Å². The van der Waals surface area contributed by atoms with Crippen LogP contribution in [0.4, 0.5) is 10.1 Å². The van der Waals surface area contributed by atoms with Gasteiger partial charge in [0.15, 0.2) is 9.84 Å². The standard InChI is InChI=1S/C50H73FN6O6S/c1-5-53(6-2)33-40-27-44(18-19-47(40)64(61,62)45-34-57(35-45)48(59)17-12-24-54-22-8-7-9-23-54)56-31-38(32-56)30-55-25-20-41(21-26-55)50(36-52-37(3)58,42-14-11-15-43(51)29-42)46-16-10-13-39(46)28-49(60)63-4/h11-12,14-15,17-19,27,29,38-39,41,45-46H,5-10,13,16,20-26,28,30-36H2,1-4H3,(H,52,58)/b17-12+/t39-,46+,50+/m1/s1. The van der Waals surface area contributed by atoms with Crippen LogP contribution in [0.3, 0.4) is 0 Å². The number of halogens is 1. The summed E-state index contributed by atoms with van der Waals surface area (Å²) in [7, 11) is -2.23. The smallest absolute Gasteiger partial charge is 0.305 e. The topological polar surface area (TPSA) is 123 Å². The fourth-order valence-corrected chi connectivity index (χ4v) is 13.6. The van der Waals surface area contributed by atoms with Crippen LogP contribution in [-0.2, 0) is 40.9 Å². The van der Waals surface area contributed by atoms with Crippen molar-refractivity contribution in [1.82, 2.24) is 24.9 Å². The summed E-state index contributed by atoms with van der Waals surface area (Å²) in [5.41, 5.74) is 2.24. The monoisotopic (exact) mass is 905 g/mol. The number of likely N-dealkylation sites (tertiary alicyclic amines) is 3. The summed E-state index contributed by atoms with van der Waals surface area (Å²) in [6, 6.07) is 12.8. The van der Waals surface area contributed by atoms with E-state index < -0.39 is 20.5 Å². The molecule has 2 amide bonds. The number of carbonyl (C=O) groups is 3. The summed E-state index contributed by atoms with van der Waals surface area (Å²) < 4.78 is 48.5. The summed E-state index contributed by atoms with van der Waals surface area (Å²) >= 11 is 0. The molecule has 64 heavy (non-hydrogen) atoms. The molecule has 0 radical (unpaired) electrons. The second-order valence-electron chi connectivity index (χ2n) is 19.3. The van der Waals surface area contributed by atoms with Gasteiger partial charge in [0.05, 0.1) is 12.0 Å². The minimum atomic E-state index is -3.66. The maximum absolute atomic E-state index is 15.0. The van der Waals surface area contributed by atoms with Crippen molar-refractivity contribution in [3.05, 3.63) is 71.6 Å². The Labute approximate surface area is 381 Å². The highest BCUT2D eigenvalue weighted by atomic mass is 32.2. The Bertz CT molecular complexity index is 2060. The number of hydrogen-bond acceptors (Lipinski definition) is 10. The van der Waals surface area contributed by atoms with Crippen LogP contribution in [0.25, 0.3) is 0 Å². The first-order valence-electron chi connectivity index (χ1n) is 24.2. The number of piperidine rings is 2. The Kier molecular flexibility index (Phi) is 16.3. The quantitative estimate of drug-likeness (QED) is 0.135. The summed E-state index contributed by atoms with van der Waals surface area (Å²) in [6.45, 7) is 16.1. The Morgan fingerprint density at radius 3 is 2.31 bits per heavy atom. The van der Waals surface area contributed by atoms with Crippen LogP contribution in [0.1, 0.15) is 89.7 Å². The molecule has 5 fully saturated rings. The van der Waals surface area contributed by atoms with E-state index in [0.717, 1.165) is 114 Å². The predicted molar refractivity (Wildman–Crippen MR) is 249 cm³/mol. The number of methoxy groups -OCH3 is 1. The highest BCUT2D eigenvalue weighted by Gasteiger charge is 2.52. The van der Waals surface area contributed by atoms with E-state index in [1.807, 2.05) is 18.2 Å². The summed E-state index contributed by atoms with van der Waals surface area (Å²) in [5, 5.41) is 2.55. The van der Waals surface area contributed by atoms with Crippen molar-refractivity contribution < 1.29 is 31.9 Å². The van der Waals surface area contributed by atoms with Crippen molar-refractivity contribution in [1.29, 1.82) is 0 Å². The fraction of sp³-hybridized carbons (Fsp3) is 0.660. The second-order valence-corrected chi connectivity index (χ2v) is 21.5. The van der Waals surface area contributed by atoms with Gasteiger partial charge in [-0.25, -0.2) is 12.8 Å². The Morgan fingerprint density at radius 2 is 1.64 bits per heavy atom. The van der Waals surface area contributed by atoms with E-state index in [4.69, 9.17) is 4.74 Å². The molecule has 2 aromatic rings. The largest absolute Gasteiger partial charge is 0.469 e. The van der Waals surface area contributed by atoms with Crippen LogP contribution >= 0.6 is 0 Å². The molecule has 12 nitrogen and oxygen atoms in total. The van der Waals surface area contributed by atoms with E-state index in [2.05, 4.69) is 44.8 Å². The molecule has 3 atom stereocenters. The van der Waals surface area contributed by atoms with E-state index in [-0.39, 0.29) is 54.4 Å². The number of esters is 1. The molecule has 1 aliphatic carbocycles. The number of nitrogens with zero attached hydrogens (tertiary/aromatic N) is 5. The van der Waals surface area contributed by atoms with Crippen molar-refractivity contribution in [2.45, 2.75) is 101 Å². The van der Waals surface area contributed by atoms with Crippen LogP contribution in [0, 0.1) is 29.5 Å². The van der Waals surface area contributed by atoms with E-state index in [9.17, 15) is 22.8 Å². The lowest BCUT2D eigenvalue weighted by atomic mass is 9.57. The molecule has 4 saturated heterocycles. The zero-order chi connectivity index (χ0) is 45.4. The first-order chi connectivity index (χ1) is 30.8. The van der Waals surface area contributed by atoms with E-state index in [1.165, 1.54) is 39.4 Å². The number of sulfone groups is 1. The van der Waals surface area contributed by atoms with Crippen molar-refractivity contribution in [2.24, 2.45) is 23.7 Å². The Morgan fingerprint density at radius 1 is 0.906 bits per heavy atom. The minimum Gasteiger partial charge on any atom is -0.469 e. The van der Waals surface area contributed by atoms with Crippen molar-refractivity contribution in [3.8, 4) is 0 Å². The normalized spacial score (nSPS) is 23.0. The summed E-state index contributed by atoms with van der Waals surface area (Å²) in [6.07, 6.45) is 12.1. The van der Waals surface area contributed by atoms with Gasteiger partial charge in [-0.3, -0.25) is 24.2 Å². The van der Waals surface area contributed by atoms with Gasteiger partial charge in [0.25, 0.3) is 0 Å². The number of carbonyl (C=O) groups excluding carboxylic acids is 3. The van der Waals surface area contributed by atoms with Gasteiger partial charge in [-0.15, -0.1) is 0 Å². The molecule has 14 heteroatoms. The molecule has 5 aliphatic rings. The number of anilines is 1. The molecule has 1 N–H and O–H groups in total. The van der Waals surface area contributed by atoms with Gasteiger partial charge in [-0.2, -0.15) is 0 Å². The van der Waals surface area contributed by atoms with Crippen molar-refractivity contribution >= 4 is 33.3 Å². The average Bonchev–Trinajstić information content (AvgIpc) is 3.72. The van der Waals surface area contributed by atoms with Gasteiger partial charge in [-0.05, 0) is 137 Å². The number of benzene rings is 2. The molecule has 0 unspecified atom stereocenters. The van der Waals surface area contributed by atoms with Crippen LogP contribution in [0.5, 0.6) is 0 Å². The van der Waals surface area contributed by atoms with Crippen molar-refractivity contribution in [3.63, 3.8) is 0 Å². The van der Waals surface area contributed by atoms with Gasteiger partial charge in [0.1, 0.15) is 11.1 Å². The highest BCUT2D eigenvalue weighted by molar-refractivity contribution is 7.92.